The Morgan fingerprint density at radius 3 is 3.20 bits per heavy atom. The fourth-order valence-electron chi connectivity index (χ4n) is 2.91. The molecule has 1 aromatic carbocycles. The first-order valence-corrected chi connectivity index (χ1v) is 7.54. The summed E-state index contributed by atoms with van der Waals surface area (Å²) in [5.74, 6) is -0.0398. The summed E-state index contributed by atoms with van der Waals surface area (Å²) in [4.78, 5) is 15.1. The monoisotopic (exact) mass is 336 g/mol. The molecule has 0 spiro atoms. The summed E-state index contributed by atoms with van der Waals surface area (Å²) >= 11 is 3.52. The van der Waals surface area contributed by atoms with Gasteiger partial charge in [-0.2, -0.15) is 0 Å². The number of ether oxygens (including phenoxy) is 1. The Hall–Kier alpha value is -1.33. The molecule has 0 aliphatic heterocycles. The second-order valence-corrected chi connectivity index (χ2v) is 6.13. The van der Waals surface area contributed by atoms with E-state index in [0.29, 0.717) is 0 Å². The van der Waals surface area contributed by atoms with Crippen molar-refractivity contribution in [3.05, 3.63) is 33.9 Å². The first-order valence-electron chi connectivity index (χ1n) is 6.74. The minimum Gasteiger partial charge on any atom is -0.375 e. The number of carbonyl (C=O) groups is 1. The van der Waals surface area contributed by atoms with Crippen molar-refractivity contribution in [2.24, 2.45) is 0 Å². The van der Waals surface area contributed by atoms with E-state index in [0.717, 1.165) is 23.7 Å². The zero-order valence-corrected chi connectivity index (χ0v) is 12.9. The first kappa shape index (κ1) is 13.6. The fraction of sp³-hybridized carbons (Fsp3) is 0.400. The molecule has 1 aromatic heterocycles. The average Bonchev–Trinajstić information content (AvgIpc) is 2.76. The van der Waals surface area contributed by atoms with Crippen LogP contribution in [-0.4, -0.2) is 30.6 Å². The van der Waals surface area contributed by atoms with Crippen LogP contribution >= 0.6 is 15.9 Å². The summed E-state index contributed by atoms with van der Waals surface area (Å²) in [7, 11) is 1.54. The quantitative estimate of drug-likeness (QED) is 0.904. The molecule has 0 saturated carbocycles. The molecule has 0 bridgehead atoms. The maximum absolute atomic E-state index is 11.6. The number of benzene rings is 1. The smallest absolute Gasteiger partial charge is 0.246 e. The number of aromatic amines is 1. The highest BCUT2D eigenvalue weighted by atomic mass is 79.9. The van der Waals surface area contributed by atoms with Crippen LogP contribution in [0.4, 0.5) is 0 Å². The third-order valence-electron chi connectivity index (χ3n) is 3.79. The minimum absolute atomic E-state index is 0.0398. The van der Waals surface area contributed by atoms with E-state index < -0.39 is 0 Å². The summed E-state index contributed by atoms with van der Waals surface area (Å²) in [5, 5.41) is 4.29. The molecule has 1 aliphatic carbocycles. The number of methoxy groups -OCH3 is 1. The van der Waals surface area contributed by atoms with Crippen LogP contribution in [0.1, 0.15) is 17.7 Å². The van der Waals surface area contributed by atoms with Crippen LogP contribution in [-0.2, 0) is 22.4 Å². The molecular weight excluding hydrogens is 320 g/mol. The molecule has 4 nitrogen and oxygen atoms in total. The standard InChI is InChI=1S/C15H17BrN2O2/c1-20-8-15(19)17-10-3-5-14-12(7-10)11-6-9(16)2-4-13(11)18-14/h2,4,6,10,18H,3,5,7-8H2,1H3,(H,17,19). The molecule has 3 rings (SSSR count). The first-order chi connectivity index (χ1) is 9.67. The van der Waals surface area contributed by atoms with Crippen molar-refractivity contribution in [3.63, 3.8) is 0 Å². The van der Waals surface area contributed by atoms with E-state index in [1.54, 1.807) is 0 Å². The van der Waals surface area contributed by atoms with Crippen molar-refractivity contribution in [2.75, 3.05) is 13.7 Å². The zero-order chi connectivity index (χ0) is 14.1. The second kappa shape index (κ2) is 5.58. The maximum Gasteiger partial charge on any atom is 0.246 e. The van der Waals surface area contributed by atoms with Crippen LogP contribution in [0.5, 0.6) is 0 Å². The van der Waals surface area contributed by atoms with Gasteiger partial charge < -0.3 is 15.0 Å². The van der Waals surface area contributed by atoms with Crippen molar-refractivity contribution < 1.29 is 9.53 Å². The van der Waals surface area contributed by atoms with Crippen molar-refractivity contribution >= 4 is 32.7 Å². The van der Waals surface area contributed by atoms with Crippen molar-refractivity contribution in [2.45, 2.75) is 25.3 Å². The highest BCUT2D eigenvalue weighted by Gasteiger charge is 2.23. The second-order valence-electron chi connectivity index (χ2n) is 5.21. The molecule has 0 fully saturated rings. The number of H-pyrrole nitrogens is 1. The van der Waals surface area contributed by atoms with Gasteiger partial charge in [-0.3, -0.25) is 4.79 Å². The van der Waals surface area contributed by atoms with E-state index in [1.807, 2.05) is 6.07 Å². The van der Waals surface area contributed by atoms with Crippen LogP contribution in [0.3, 0.4) is 0 Å². The van der Waals surface area contributed by atoms with Gasteiger partial charge in [0, 0.05) is 34.2 Å². The summed E-state index contributed by atoms with van der Waals surface area (Å²) in [5.41, 5.74) is 3.80. The van der Waals surface area contributed by atoms with Crippen LogP contribution < -0.4 is 5.32 Å². The Labute approximate surface area is 126 Å². The predicted molar refractivity (Wildman–Crippen MR) is 81.8 cm³/mol. The third-order valence-corrected chi connectivity index (χ3v) is 4.28. The van der Waals surface area contributed by atoms with Gasteiger partial charge in [-0.1, -0.05) is 15.9 Å². The highest BCUT2D eigenvalue weighted by molar-refractivity contribution is 9.10. The van der Waals surface area contributed by atoms with Crippen LogP contribution in [0.2, 0.25) is 0 Å². The van der Waals surface area contributed by atoms with Gasteiger partial charge in [0.15, 0.2) is 0 Å². The lowest BCUT2D eigenvalue weighted by Gasteiger charge is -2.23. The van der Waals surface area contributed by atoms with Gasteiger partial charge in [0.1, 0.15) is 6.61 Å². The van der Waals surface area contributed by atoms with Gasteiger partial charge >= 0.3 is 0 Å². The zero-order valence-electron chi connectivity index (χ0n) is 11.3. The lowest BCUT2D eigenvalue weighted by Crippen LogP contribution is -2.40. The number of amides is 1. The number of aryl methyl sites for hydroxylation is 1. The predicted octanol–water partition coefficient (Wildman–Crippen LogP) is 2.55. The number of nitrogens with one attached hydrogen (secondary N) is 2. The number of rotatable bonds is 3. The normalized spacial score (nSPS) is 18.0. The van der Waals surface area contributed by atoms with Gasteiger partial charge in [0.05, 0.1) is 0 Å². The number of fused-ring (bicyclic) bond motifs is 3. The van der Waals surface area contributed by atoms with Crippen LogP contribution in [0, 0.1) is 0 Å². The molecule has 2 N–H and O–H groups in total. The number of hydrogen-bond donors (Lipinski definition) is 2. The van der Waals surface area contributed by atoms with Gasteiger partial charge in [0.25, 0.3) is 0 Å². The molecule has 20 heavy (non-hydrogen) atoms. The van der Waals surface area contributed by atoms with E-state index in [1.165, 1.54) is 29.3 Å². The summed E-state index contributed by atoms with van der Waals surface area (Å²) in [6.45, 7) is 0.128. The highest BCUT2D eigenvalue weighted by Crippen LogP contribution is 2.31. The van der Waals surface area contributed by atoms with Gasteiger partial charge in [0.2, 0.25) is 5.91 Å². The number of carbonyl (C=O) groups excluding carboxylic acids is 1. The van der Waals surface area contributed by atoms with Gasteiger partial charge in [-0.25, -0.2) is 0 Å². The SMILES string of the molecule is COCC(=O)NC1CCc2[nH]c3ccc(Br)cc3c2C1. The van der Waals surface area contributed by atoms with Gasteiger partial charge in [-0.05, 0) is 43.0 Å². The molecule has 106 valence electrons. The van der Waals surface area contributed by atoms with E-state index in [-0.39, 0.29) is 18.6 Å². The number of halogens is 1. The Balaban J connectivity index is 1.84. The lowest BCUT2D eigenvalue weighted by molar-refractivity contribution is -0.125. The molecule has 5 heteroatoms. The Kier molecular flexibility index (Phi) is 3.81. The number of aromatic nitrogens is 1. The molecule has 0 saturated heterocycles. The van der Waals surface area contributed by atoms with Crippen molar-refractivity contribution in [1.82, 2.24) is 10.3 Å². The molecular formula is C15H17BrN2O2. The topological polar surface area (TPSA) is 54.1 Å². The minimum atomic E-state index is -0.0398. The molecule has 2 aromatic rings. The fourth-order valence-corrected chi connectivity index (χ4v) is 3.27. The number of hydrogen-bond acceptors (Lipinski definition) is 2. The Morgan fingerprint density at radius 2 is 2.40 bits per heavy atom. The molecule has 0 radical (unpaired) electrons. The average molecular weight is 337 g/mol. The molecule has 1 atom stereocenters. The summed E-state index contributed by atoms with van der Waals surface area (Å²) < 4.78 is 5.94. The van der Waals surface area contributed by atoms with E-state index in [4.69, 9.17) is 4.74 Å². The van der Waals surface area contributed by atoms with E-state index in [9.17, 15) is 4.79 Å². The van der Waals surface area contributed by atoms with Gasteiger partial charge in [-0.15, -0.1) is 0 Å². The molecule has 1 heterocycles. The molecule has 1 amide bonds. The Bertz CT molecular complexity index is 651. The lowest BCUT2D eigenvalue weighted by atomic mass is 9.91. The molecule has 1 aliphatic rings. The third kappa shape index (κ3) is 2.60. The summed E-state index contributed by atoms with van der Waals surface area (Å²) in [6.07, 6.45) is 2.82. The Morgan fingerprint density at radius 1 is 1.55 bits per heavy atom. The summed E-state index contributed by atoms with van der Waals surface area (Å²) in [6, 6.07) is 6.48. The van der Waals surface area contributed by atoms with Crippen LogP contribution in [0.15, 0.2) is 22.7 Å². The van der Waals surface area contributed by atoms with E-state index >= 15 is 0 Å². The van der Waals surface area contributed by atoms with Crippen molar-refractivity contribution in [3.8, 4) is 0 Å². The van der Waals surface area contributed by atoms with E-state index in [2.05, 4.69) is 38.4 Å². The van der Waals surface area contributed by atoms with Crippen LogP contribution in [0.25, 0.3) is 10.9 Å². The maximum atomic E-state index is 11.6. The van der Waals surface area contributed by atoms with Crippen molar-refractivity contribution in [1.29, 1.82) is 0 Å². The largest absolute Gasteiger partial charge is 0.375 e. The molecule has 1 unspecified atom stereocenters.